The van der Waals surface area contributed by atoms with Crippen LogP contribution in [0.3, 0.4) is 0 Å². The number of hydrogen-bond acceptors (Lipinski definition) is 3. The van der Waals surface area contributed by atoms with Gasteiger partial charge < -0.3 is 15.4 Å². The molecule has 2 rings (SSSR count). The van der Waals surface area contributed by atoms with Crippen molar-refractivity contribution in [3.63, 3.8) is 0 Å². The summed E-state index contributed by atoms with van der Waals surface area (Å²) in [7, 11) is 0. The lowest BCUT2D eigenvalue weighted by atomic mass is 10.3. The Hall–Kier alpha value is -2.63. The number of urea groups is 1. The normalized spacial score (nSPS) is 10.1. The lowest BCUT2D eigenvalue weighted by Gasteiger charge is -2.08. The number of benzene rings is 1. The molecular formula is C17H20FN3O2. The molecule has 0 fully saturated rings. The van der Waals surface area contributed by atoms with Crippen LogP contribution in [0.25, 0.3) is 0 Å². The second-order valence-electron chi connectivity index (χ2n) is 4.98. The third-order valence-electron chi connectivity index (χ3n) is 3.11. The number of nitrogens with one attached hydrogen (secondary N) is 2. The number of carbonyl (C=O) groups excluding carboxylic acids is 1. The predicted octanol–water partition coefficient (Wildman–Crippen LogP) is 2.88. The molecule has 1 aromatic heterocycles. The summed E-state index contributed by atoms with van der Waals surface area (Å²) in [6.45, 7) is 1.56. The summed E-state index contributed by atoms with van der Waals surface area (Å²) in [5.74, 6) is 0.368. The highest BCUT2D eigenvalue weighted by Crippen LogP contribution is 2.11. The van der Waals surface area contributed by atoms with Crippen LogP contribution in [0.5, 0.6) is 5.75 Å². The zero-order valence-electron chi connectivity index (χ0n) is 12.8. The lowest BCUT2D eigenvalue weighted by molar-refractivity contribution is 0.239. The van der Waals surface area contributed by atoms with E-state index in [1.54, 1.807) is 24.5 Å². The molecule has 2 amide bonds. The molecule has 2 aromatic rings. The summed E-state index contributed by atoms with van der Waals surface area (Å²) in [4.78, 5) is 15.6. The molecule has 5 nitrogen and oxygen atoms in total. The van der Waals surface area contributed by atoms with E-state index >= 15 is 0 Å². The van der Waals surface area contributed by atoms with Crippen molar-refractivity contribution in [3.8, 4) is 5.75 Å². The summed E-state index contributed by atoms with van der Waals surface area (Å²) in [5.41, 5.74) is 0.954. The van der Waals surface area contributed by atoms with E-state index in [1.807, 2.05) is 12.1 Å². The van der Waals surface area contributed by atoms with Gasteiger partial charge in [-0.15, -0.1) is 0 Å². The molecule has 0 bridgehead atoms. The van der Waals surface area contributed by atoms with Crippen LogP contribution in [0, 0.1) is 5.82 Å². The Morgan fingerprint density at radius 3 is 2.70 bits per heavy atom. The van der Waals surface area contributed by atoms with Gasteiger partial charge in [0.2, 0.25) is 0 Å². The number of aromatic nitrogens is 1. The Labute approximate surface area is 134 Å². The minimum atomic E-state index is -0.279. The average Bonchev–Trinajstić information content (AvgIpc) is 2.58. The third kappa shape index (κ3) is 6.78. The fraction of sp³-hybridized carbons (Fsp3) is 0.294. The van der Waals surface area contributed by atoms with Gasteiger partial charge in [0.25, 0.3) is 0 Å². The number of unbranched alkanes of at least 4 members (excludes halogenated alkanes) is 1. The number of nitrogens with zero attached hydrogens (tertiary/aromatic N) is 1. The smallest absolute Gasteiger partial charge is 0.315 e. The van der Waals surface area contributed by atoms with E-state index in [0.717, 1.165) is 18.4 Å². The highest BCUT2D eigenvalue weighted by Gasteiger charge is 2.00. The van der Waals surface area contributed by atoms with Crippen molar-refractivity contribution in [1.29, 1.82) is 0 Å². The van der Waals surface area contributed by atoms with E-state index in [2.05, 4.69) is 15.6 Å². The average molecular weight is 317 g/mol. The summed E-state index contributed by atoms with van der Waals surface area (Å²) in [6.07, 6.45) is 5.02. The van der Waals surface area contributed by atoms with Gasteiger partial charge in [0.05, 0.1) is 6.61 Å². The molecule has 0 saturated heterocycles. The van der Waals surface area contributed by atoms with Gasteiger partial charge in [-0.05, 0) is 48.7 Å². The van der Waals surface area contributed by atoms with Gasteiger partial charge in [0.1, 0.15) is 11.6 Å². The molecular weight excluding hydrogens is 297 g/mol. The topological polar surface area (TPSA) is 63.2 Å². The molecule has 6 heteroatoms. The van der Waals surface area contributed by atoms with Crippen molar-refractivity contribution in [2.75, 3.05) is 13.2 Å². The van der Waals surface area contributed by atoms with Crippen LogP contribution in [-0.4, -0.2) is 24.2 Å². The molecule has 0 radical (unpaired) electrons. The van der Waals surface area contributed by atoms with Crippen LogP contribution >= 0.6 is 0 Å². The molecule has 0 atom stereocenters. The maximum Gasteiger partial charge on any atom is 0.315 e. The highest BCUT2D eigenvalue weighted by atomic mass is 19.1. The Morgan fingerprint density at radius 1 is 1.13 bits per heavy atom. The van der Waals surface area contributed by atoms with Crippen molar-refractivity contribution >= 4 is 6.03 Å². The largest absolute Gasteiger partial charge is 0.494 e. The second kappa shape index (κ2) is 9.40. The first-order valence-electron chi connectivity index (χ1n) is 7.53. The standard InChI is InChI=1S/C17H20FN3O2/c18-15-5-7-16(8-6-15)23-11-2-1-10-20-17(22)21-13-14-4-3-9-19-12-14/h3-9,12H,1-2,10-11,13H2,(H2,20,21,22). The van der Waals surface area contributed by atoms with Crippen molar-refractivity contribution in [2.45, 2.75) is 19.4 Å². The molecule has 1 heterocycles. The van der Waals surface area contributed by atoms with Gasteiger partial charge in [-0.3, -0.25) is 4.98 Å². The molecule has 0 aliphatic rings. The molecule has 122 valence electrons. The Kier molecular flexibility index (Phi) is 6.84. The number of pyridine rings is 1. The molecule has 0 aliphatic carbocycles. The fourth-order valence-electron chi connectivity index (χ4n) is 1.90. The van der Waals surface area contributed by atoms with E-state index < -0.39 is 0 Å². The van der Waals surface area contributed by atoms with Crippen molar-refractivity contribution < 1.29 is 13.9 Å². The Morgan fingerprint density at radius 2 is 1.96 bits per heavy atom. The van der Waals surface area contributed by atoms with E-state index in [0.29, 0.717) is 25.4 Å². The molecule has 1 aromatic carbocycles. The maximum absolute atomic E-state index is 12.7. The highest BCUT2D eigenvalue weighted by molar-refractivity contribution is 5.73. The number of amides is 2. The third-order valence-corrected chi connectivity index (χ3v) is 3.11. The molecule has 2 N–H and O–H groups in total. The van der Waals surface area contributed by atoms with Crippen molar-refractivity contribution in [3.05, 3.63) is 60.2 Å². The lowest BCUT2D eigenvalue weighted by Crippen LogP contribution is -2.35. The van der Waals surface area contributed by atoms with Gasteiger partial charge >= 0.3 is 6.03 Å². The van der Waals surface area contributed by atoms with Crippen LogP contribution < -0.4 is 15.4 Å². The van der Waals surface area contributed by atoms with Gasteiger partial charge in [0, 0.05) is 25.5 Å². The number of ether oxygens (including phenoxy) is 1. The number of hydrogen-bond donors (Lipinski definition) is 2. The van der Waals surface area contributed by atoms with E-state index in [-0.39, 0.29) is 11.8 Å². The first kappa shape index (κ1) is 16.7. The minimum Gasteiger partial charge on any atom is -0.494 e. The van der Waals surface area contributed by atoms with E-state index in [9.17, 15) is 9.18 Å². The SMILES string of the molecule is O=C(NCCCCOc1ccc(F)cc1)NCc1cccnc1. The second-order valence-corrected chi connectivity index (χ2v) is 4.98. The maximum atomic E-state index is 12.7. The van der Waals surface area contributed by atoms with Crippen molar-refractivity contribution in [2.24, 2.45) is 0 Å². The Bertz CT molecular complexity index is 591. The van der Waals surface area contributed by atoms with Gasteiger partial charge in [-0.2, -0.15) is 0 Å². The molecule has 0 aliphatic heterocycles. The number of carbonyl (C=O) groups is 1. The number of rotatable bonds is 8. The molecule has 0 saturated carbocycles. The summed E-state index contributed by atoms with van der Waals surface area (Å²) in [5, 5.41) is 5.55. The van der Waals surface area contributed by atoms with Crippen LogP contribution in [0.1, 0.15) is 18.4 Å². The zero-order valence-corrected chi connectivity index (χ0v) is 12.8. The van der Waals surface area contributed by atoms with Crippen LogP contribution in [0.15, 0.2) is 48.8 Å². The minimum absolute atomic E-state index is 0.201. The van der Waals surface area contributed by atoms with Crippen LogP contribution in [-0.2, 0) is 6.54 Å². The summed E-state index contributed by atoms with van der Waals surface area (Å²) < 4.78 is 18.2. The first-order chi connectivity index (χ1) is 11.2. The zero-order chi connectivity index (χ0) is 16.3. The molecule has 23 heavy (non-hydrogen) atoms. The first-order valence-corrected chi connectivity index (χ1v) is 7.53. The van der Waals surface area contributed by atoms with E-state index in [1.165, 1.54) is 12.1 Å². The van der Waals surface area contributed by atoms with Crippen LogP contribution in [0.4, 0.5) is 9.18 Å². The van der Waals surface area contributed by atoms with E-state index in [4.69, 9.17) is 4.74 Å². The number of halogens is 1. The molecule has 0 unspecified atom stereocenters. The van der Waals surface area contributed by atoms with Gasteiger partial charge in [0.15, 0.2) is 0 Å². The Balaban J connectivity index is 1.50. The fourth-order valence-corrected chi connectivity index (χ4v) is 1.90. The summed E-state index contributed by atoms with van der Waals surface area (Å²) >= 11 is 0. The van der Waals surface area contributed by atoms with Gasteiger partial charge in [-0.1, -0.05) is 6.07 Å². The predicted molar refractivity (Wildman–Crippen MR) is 85.6 cm³/mol. The quantitative estimate of drug-likeness (QED) is 0.736. The monoisotopic (exact) mass is 317 g/mol. The van der Waals surface area contributed by atoms with Crippen LogP contribution in [0.2, 0.25) is 0 Å². The molecule has 0 spiro atoms. The van der Waals surface area contributed by atoms with Gasteiger partial charge in [-0.25, -0.2) is 9.18 Å². The summed E-state index contributed by atoms with van der Waals surface area (Å²) in [6, 6.07) is 9.45. The van der Waals surface area contributed by atoms with Crippen molar-refractivity contribution in [1.82, 2.24) is 15.6 Å².